The number of carbonyl (C=O) groups excluding carboxylic acids is 1. The predicted octanol–water partition coefficient (Wildman–Crippen LogP) is 4.77. The Kier molecular flexibility index (Phi) is 8.43. The standard InChI is InChI=1S/C18H24N2O4S2/c1-2-3-6-14(19-17(21)22)13-24-18(23)20(11-15-7-4-9-25-15)12-16-8-5-10-26-16/h4-5,7-10,14,19H,2-3,6,11-13H2,1H3,(H,21,22). The number of nitrogens with zero attached hydrogens (tertiary/aromatic N) is 1. The van der Waals surface area contributed by atoms with Crippen LogP contribution in [0.5, 0.6) is 0 Å². The second kappa shape index (κ2) is 10.8. The van der Waals surface area contributed by atoms with Gasteiger partial charge in [0.15, 0.2) is 0 Å². The third-order valence-corrected chi connectivity index (χ3v) is 5.48. The smallest absolute Gasteiger partial charge is 0.410 e. The van der Waals surface area contributed by atoms with Crippen molar-refractivity contribution in [2.45, 2.75) is 45.3 Å². The minimum absolute atomic E-state index is 0.0382. The minimum Gasteiger partial charge on any atom is -0.465 e. The van der Waals surface area contributed by atoms with Crippen LogP contribution in [0.15, 0.2) is 35.0 Å². The number of carbonyl (C=O) groups is 2. The highest BCUT2D eigenvalue weighted by molar-refractivity contribution is 7.10. The monoisotopic (exact) mass is 396 g/mol. The fourth-order valence-corrected chi connectivity index (χ4v) is 3.89. The summed E-state index contributed by atoms with van der Waals surface area (Å²) in [6.07, 6.45) is 0.939. The molecule has 0 fully saturated rings. The van der Waals surface area contributed by atoms with E-state index in [-0.39, 0.29) is 12.6 Å². The average Bonchev–Trinajstić information content (AvgIpc) is 3.30. The van der Waals surface area contributed by atoms with Crippen LogP contribution in [0.4, 0.5) is 9.59 Å². The Morgan fingerprint density at radius 3 is 2.27 bits per heavy atom. The van der Waals surface area contributed by atoms with Gasteiger partial charge in [0.25, 0.3) is 0 Å². The fourth-order valence-electron chi connectivity index (χ4n) is 2.45. The highest BCUT2D eigenvalue weighted by atomic mass is 32.1. The molecule has 0 radical (unpaired) electrons. The highest BCUT2D eigenvalue weighted by Gasteiger charge is 2.20. The lowest BCUT2D eigenvalue weighted by molar-refractivity contribution is 0.0863. The van der Waals surface area contributed by atoms with Crippen molar-refractivity contribution in [1.29, 1.82) is 0 Å². The number of rotatable bonds is 10. The highest BCUT2D eigenvalue weighted by Crippen LogP contribution is 2.18. The van der Waals surface area contributed by atoms with Crippen LogP contribution in [0.2, 0.25) is 0 Å². The predicted molar refractivity (Wildman–Crippen MR) is 104 cm³/mol. The van der Waals surface area contributed by atoms with Gasteiger partial charge in [-0.1, -0.05) is 31.9 Å². The summed E-state index contributed by atoms with van der Waals surface area (Å²) in [5.41, 5.74) is 0. The van der Waals surface area contributed by atoms with E-state index < -0.39 is 12.2 Å². The van der Waals surface area contributed by atoms with Crippen molar-refractivity contribution in [3.8, 4) is 0 Å². The van der Waals surface area contributed by atoms with E-state index in [1.165, 1.54) is 0 Å². The van der Waals surface area contributed by atoms with Crippen LogP contribution in [0, 0.1) is 0 Å². The quantitative estimate of drug-likeness (QED) is 0.606. The van der Waals surface area contributed by atoms with Gasteiger partial charge >= 0.3 is 12.2 Å². The van der Waals surface area contributed by atoms with E-state index in [1.807, 2.05) is 41.9 Å². The Hall–Kier alpha value is -2.06. The van der Waals surface area contributed by atoms with Gasteiger partial charge in [-0.25, -0.2) is 9.59 Å². The summed E-state index contributed by atoms with van der Waals surface area (Å²) < 4.78 is 5.43. The van der Waals surface area contributed by atoms with Gasteiger partial charge in [-0.15, -0.1) is 22.7 Å². The zero-order valence-corrected chi connectivity index (χ0v) is 16.4. The molecule has 2 amide bonds. The maximum atomic E-state index is 12.6. The molecule has 26 heavy (non-hydrogen) atoms. The number of hydrogen-bond donors (Lipinski definition) is 2. The lowest BCUT2D eigenvalue weighted by atomic mass is 10.1. The van der Waals surface area contributed by atoms with Crippen molar-refractivity contribution >= 4 is 34.9 Å². The largest absolute Gasteiger partial charge is 0.465 e. The summed E-state index contributed by atoms with van der Waals surface area (Å²) >= 11 is 3.18. The first-order chi connectivity index (χ1) is 12.6. The third kappa shape index (κ3) is 7.05. The zero-order valence-electron chi connectivity index (χ0n) is 14.7. The summed E-state index contributed by atoms with van der Waals surface area (Å²) in [6, 6.07) is 7.48. The number of thiophene rings is 2. The Labute approximate surface area is 161 Å². The maximum absolute atomic E-state index is 12.6. The van der Waals surface area contributed by atoms with Gasteiger partial charge in [0.1, 0.15) is 6.61 Å². The second-order valence-electron chi connectivity index (χ2n) is 5.88. The molecule has 0 spiro atoms. The maximum Gasteiger partial charge on any atom is 0.410 e. The van der Waals surface area contributed by atoms with Gasteiger partial charge < -0.3 is 15.2 Å². The van der Waals surface area contributed by atoms with Crippen molar-refractivity contribution in [3.05, 3.63) is 44.8 Å². The van der Waals surface area contributed by atoms with Gasteiger partial charge in [0.05, 0.1) is 19.1 Å². The Morgan fingerprint density at radius 2 is 1.81 bits per heavy atom. The van der Waals surface area contributed by atoms with E-state index in [2.05, 4.69) is 5.32 Å². The van der Waals surface area contributed by atoms with E-state index in [9.17, 15) is 9.59 Å². The molecular weight excluding hydrogens is 372 g/mol. The molecule has 0 aliphatic heterocycles. The Balaban J connectivity index is 1.96. The Bertz CT molecular complexity index is 623. The molecule has 2 aromatic rings. The number of ether oxygens (including phenoxy) is 1. The molecule has 0 aliphatic rings. The van der Waals surface area contributed by atoms with Crippen LogP contribution in [-0.4, -0.2) is 34.8 Å². The molecule has 1 atom stereocenters. The lowest BCUT2D eigenvalue weighted by Gasteiger charge is -2.23. The zero-order chi connectivity index (χ0) is 18.8. The number of unbranched alkanes of at least 4 members (excludes halogenated alkanes) is 1. The van der Waals surface area contributed by atoms with Crippen LogP contribution in [0.1, 0.15) is 35.9 Å². The van der Waals surface area contributed by atoms with Gasteiger partial charge in [0, 0.05) is 9.75 Å². The molecule has 0 saturated heterocycles. The first-order valence-electron chi connectivity index (χ1n) is 8.54. The van der Waals surface area contributed by atoms with Crippen LogP contribution in [0.3, 0.4) is 0 Å². The van der Waals surface area contributed by atoms with E-state index in [1.54, 1.807) is 27.6 Å². The van der Waals surface area contributed by atoms with Crippen molar-refractivity contribution < 1.29 is 19.4 Å². The number of carboxylic acid groups (broad SMARTS) is 1. The topological polar surface area (TPSA) is 78.9 Å². The van der Waals surface area contributed by atoms with Crippen LogP contribution in [-0.2, 0) is 17.8 Å². The second-order valence-corrected chi connectivity index (χ2v) is 7.94. The van der Waals surface area contributed by atoms with Crippen molar-refractivity contribution in [2.75, 3.05) is 6.61 Å². The fraction of sp³-hybridized carbons (Fsp3) is 0.444. The molecule has 2 aromatic heterocycles. The molecule has 2 N–H and O–H groups in total. The van der Waals surface area contributed by atoms with Gasteiger partial charge in [-0.05, 0) is 29.3 Å². The molecule has 0 aliphatic carbocycles. The molecule has 2 rings (SSSR count). The first kappa shape index (κ1) is 20.3. The lowest BCUT2D eigenvalue weighted by Crippen LogP contribution is -2.40. The van der Waals surface area contributed by atoms with E-state index in [0.29, 0.717) is 19.5 Å². The molecule has 1 unspecified atom stereocenters. The van der Waals surface area contributed by atoms with Crippen molar-refractivity contribution in [3.63, 3.8) is 0 Å². The summed E-state index contributed by atoms with van der Waals surface area (Å²) in [6.45, 7) is 3.02. The molecule has 0 aromatic carbocycles. The van der Waals surface area contributed by atoms with Gasteiger partial charge in [-0.2, -0.15) is 0 Å². The molecular formula is C18H24N2O4S2. The van der Waals surface area contributed by atoms with E-state index in [4.69, 9.17) is 9.84 Å². The molecule has 6 nitrogen and oxygen atoms in total. The molecule has 142 valence electrons. The molecule has 8 heteroatoms. The van der Waals surface area contributed by atoms with E-state index >= 15 is 0 Å². The van der Waals surface area contributed by atoms with Crippen LogP contribution >= 0.6 is 22.7 Å². The summed E-state index contributed by atoms with van der Waals surface area (Å²) in [5.74, 6) is 0. The summed E-state index contributed by atoms with van der Waals surface area (Å²) in [7, 11) is 0. The number of hydrogen-bond acceptors (Lipinski definition) is 5. The third-order valence-electron chi connectivity index (χ3n) is 3.75. The summed E-state index contributed by atoms with van der Waals surface area (Å²) in [4.78, 5) is 27.3. The Morgan fingerprint density at radius 1 is 1.19 bits per heavy atom. The SMILES string of the molecule is CCCCC(COC(=O)N(Cc1cccs1)Cc1cccs1)NC(=O)O. The normalized spacial score (nSPS) is 11.7. The number of amides is 2. The van der Waals surface area contributed by atoms with Gasteiger partial charge in [-0.3, -0.25) is 4.90 Å². The first-order valence-corrected chi connectivity index (χ1v) is 10.3. The van der Waals surface area contributed by atoms with Crippen LogP contribution < -0.4 is 5.32 Å². The molecule has 0 bridgehead atoms. The van der Waals surface area contributed by atoms with Crippen molar-refractivity contribution in [2.24, 2.45) is 0 Å². The molecule has 0 saturated carbocycles. The van der Waals surface area contributed by atoms with Gasteiger partial charge in [0.2, 0.25) is 0 Å². The van der Waals surface area contributed by atoms with Crippen molar-refractivity contribution in [1.82, 2.24) is 10.2 Å². The minimum atomic E-state index is -1.10. The number of nitrogens with one attached hydrogen (secondary N) is 1. The average molecular weight is 397 g/mol. The van der Waals surface area contributed by atoms with Crippen LogP contribution in [0.25, 0.3) is 0 Å². The molecule has 2 heterocycles. The van der Waals surface area contributed by atoms with E-state index in [0.717, 1.165) is 22.6 Å². The summed E-state index contributed by atoms with van der Waals surface area (Å²) in [5, 5.41) is 15.3.